The maximum absolute atomic E-state index is 5.57. The van der Waals surface area contributed by atoms with Crippen molar-refractivity contribution in [2.45, 2.75) is 6.42 Å². The van der Waals surface area contributed by atoms with Crippen LogP contribution in [-0.2, 0) is 0 Å². The van der Waals surface area contributed by atoms with E-state index in [0.29, 0.717) is 29.6 Å². The van der Waals surface area contributed by atoms with Crippen LogP contribution in [0.25, 0.3) is 0 Å². The van der Waals surface area contributed by atoms with Gasteiger partial charge in [-0.3, -0.25) is 0 Å². The Morgan fingerprint density at radius 3 is 2.00 bits per heavy atom. The predicted octanol–water partition coefficient (Wildman–Crippen LogP) is 2.41. The van der Waals surface area contributed by atoms with Crippen molar-refractivity contribution >= 4 is 12.6 Å². The molecule has 0 saturated heterocycles. The van der Waals surface area contributed by atoms with Crippen LogP contribution < -0.4 is 18.9 Å². The highest BCUT2D eigenvalue weighted by Gasteiger charge is 2.13. The van der Waals surface area contributed by atoms with E-state index in [2.05, 4.69) is 12.6 Å². The SMILES string of the molecule is COc1cc(OCCCS)cc(OC)c1OC. The Morgan fingerprint density at radius 1 is 1.00 bits per heavy atom. The lowest BCUT2D eigenvalue weighted by Crippen LogP contribution is -2.00. The Hall–Kier alpha value is -1.23. The largest absolute Gasteiger partial charge is 0.493 e. The molecule has 0 N–H and O–H groups in total. The fourth-order valence-corrected chi connectivity index (χ4v) is 1.52. The molecule has 1 aromatic rings. The van der Waals surface area contributed by atoms with Gasteiger partial charge in [-0.2, -0.15) is 12.6 Å². The van der Waals surface area contributed by atoms with Crippen molar-refractivity contribution in [2.75, 3.05) is 33.7 Å². The molecule has 96 valence electrons. The van der Waals surface area contributed by atoms with Crippen molar-refractivity contribution in [2.24, 2.45) is 0 Å². The molecular weight excluding hydrogens is 240 g/mol. The zero-order valence-corrected chi connectivity index (χ0v) is 11.3. The number of thiol groups is 1. The molecule has 0 spiro atoms. The maximum atomic E-state index is 5.57. The number of hydrogen-bond acceptors (Lipinski definition) is 5. The molecule has 4 nitrogen and oxygen atoms in total. The molecule has 0 saturated carbocycles. The predicted molar refractivity (Wildman–Crippen MR) is 70.1 cm³/mol. The van der Waals surface area contributed by atoms with Crippen LogP contribution in [0.1, 0.15) is 6.42 Å². The van der Waals surface area contributed by atoms with E-state index in [1.807, 2.05) is 0 Å². The first kappa shape index (κ1) is 13.8. The zero-order chi connectivity index (χ0) is 12.7. The van der Waals surface area contributed by atoms with Crippen molar-refractivity contribution < 1.29 is 18.9 Å². The molecule has 5 heteroatoms. The Morgan fingerprint density at radius 2 is 1.59 bits per heavy atom. The first-order valence-corrected chi connectivity index (χ1v) is 5.93. The highest BCUT2D eigenvalue weighted by molar-refractivity contribution is 7.80. The van der Waals surface area contributed by atoms with E-state index < -0.39 is 0 Å². The van der Waals surface area contributed by atoms with Crippen LogP contribution in [0.3, 0.4) is 0 Å². The average Bonchev–Trinajstić information content (AvgIpc) is 2.37. The maximum Gasteiger partial charge on any atom is 0.203 e. The third kappa shape index (κ3) is 3.63. The second kappa shape index (κ2) is 7.17. The normalized spacial score (nSPS) is 9.88. The third-order valence-corrected chi connectivity index (χ3v) is 2.53. The van der Waals surface area contributed by atoms with E-state index in [4.69, 9.17) is 18.9 Å². The average molecular weight is 258 g/mol. The van der Waals surface area contributed by atoms with Gasteiger partial charge in [-0.1, -0.05) is 0 Å². The van der Waals surface area contributed by atoms with Crippen LogP contribution in [-0.4, -0.2) is 33.7 Å². The summed E-state index contributed by atoms with van der Waals surface area (Å²) in [4.78, 5) is 0. The summed E-state index contributed by atoms with van der Waals surface area (Å²) >= 11 is 4.13. The Balaban J connectivity index is 2.92. The molecule has 0 fully saturated rings. The van der Waals surface area contributed by atoms with Gasteiger partial charge in [0.15, 0.2) is 11.5 Å². The van der Waals surface area contributed by atoms with Gasteiger partial charge in [0.2, 0.25) is 5.75 Å². The molecule has 0 aliphatic carbocycles. The molecular formula is C12H18O4S. The van der Waals surface area contributed by atoms with Crippen LogP contribution in [0.4, 0.5) is 0 Å². The molecule has 0 heterocycles. The molecule has 17 heavy (non-hydrogen) atoms. The van der Waals surface area contributed by atoms with E-state index in [0.717, 1.165) is 12.2 Å². The fourth-order valence-electron chi connectivity index (χ4n) is 1.39. The van der Waals surface area contributed by atoms with Gasteiger partial charge in [-0.15, -0.1) is 0 Å². The molecule has 0 unspecified atom stereocenters. The van der Waals surface area contributed by atoms with Crippen LogP contribution >= 0.6 is 12.6 Å². The zero-order valence-electron chi connectivity index (χ0n) is 10.4. The minimum atomic E-state index is 0.566. The Labute approximate surface area is 107 Å². The summed E-state index contributed by atoms with van der Waals surface area (Å²) in [6.07, 6.45) is 0.889. The minimum absolute atomic E-state index is 0.566. The van der Waals surface area contributed by atoms with Gasteiger partial charge in [-0.25, -0.2) is 0 Å². The van der Waals surface area contributed by atoms with Crippen molar-refractivity contribution in [3.8, 4) is 23.0 Å². The van der Waals surface area contributed by atoms with Gasteiger partial charge in [0.05, 0.1) is 27.9 Å². The van der Waals surface area contributed by atoms with Crippen LogP contribution in [0.15, 0.2) is 12.1 Å². The Kier molecular flexibility index (Phi) is 5.83. The first-order chi connectivity index (χ1) is 8.26. The van der Waals surface area contributed by atoms with Gasteiger partial charge >= 0.3 is 0 Å². The highest BCUT2D eigenvalue weighted by atomic mass is 32.1. The summed E-state index contributed by atoms with van der Waals surface area (Å²) in [7, 11) is 4.73. The van der Waals surface area contributed by atoms with Crippen molar-refractivity contribution in [1.82, 2.24) is 0 Å². The molecule has 0 aliphatic heterocycles. The number of ether oxygens (including phenoxy) is 4. The van der Waals surface area contributed by atoms with E-state index in [1.165, 1.54) is 0 Å². The van der Waals surface area contributed by atoms with E-state index in [-0.39, 0.29) is 0 Å². The summed E-state index contributed by atoms with van der Waals surface area (Å²) in [6.45, 7) is 0.613. The van der Waals surface area contributed by atoms with Crippen LogP contribution in [0.2, 0.25) is 0 Å². The van der Waals surface area contributed by atoms with E-state index >= 15 is 0 Å². The van der Waals surface area contributed by atoms with Gasteiger partial charge in [-0.05, 0) is 12.2 Å². The first-order valence-electron chi connectivity index (χ1n) is 5.30. The number of rotatable bonds is 7. The molecule has 0 radical (unpaired) electrons. The standard InChI is InChI=1S/C12H18O4S/c1-13-10-7-9(16-5-4-6-17)8-11(14-2)12(10)15-3/h7-8,17H,4-6H2,1-3H3. The van der Waals surface area contributed by atoms with Crippen LogP contribution in [0, 0.1) is 0 Å². The monoisotopic (exact) mass is 258 g/mol. The minimum Gasteiger partial charge on any atom is -0.493 e. The summed E-state index contributed by atoms with van der Waals surface area (Å²) in [6, 6.07) is 3.56. The molecule has 0 atom stereocenters. The number of methoxy groups -OCH3 is 3. The summed E-state index contributed by atoms with van der Waals surface area (Å²) in [5.41, 5.74) is 0. The van der Waals surface area contributed by atoms with Gasteiger partial charge < -0.3 is 18.9 Å². The van der Waals surface area contributed by atoms with Crippen LogP contribution in [0.5, 0.6) is 23.0 Å². The van der Waals surface area contributed by atoms with Gasteiger partial charge in [0, 0.05) is 12.1 Å². The summed E-state index contributed by atoms with van der Waals surface area (Å²) in [5, 5.41) is 0. The van der Waals surface area contributed by atoms with Gasteiger partial charge in [0.25, 0.3) is 0 Å². The fraction of sp³-hybridized carbons (Fsp3) is 0.500. The topological polar surface area (TPSA) is 36.9 Å². The lowest BCUT2D eigenvalue weighted by Gasteiger charge is -2.14. The molecule has 0 aliphatic rings. The van der Waals surface area contributed by atoms with Crippen molar-refractivity contribution in [3.63, 3.8) is 0 Å². The second-order valence-electron chi connectivity index (χ2n) is 3.29. The quantitative estimate of drug-likeness (QED) is 0.602. The number of benzene rings is 1. The van der Waals surface area contributed by atoms with Gasteiger partial charge in [0.1, 0.15) is 5.75 Å². The van der Waals surface area contributed by atoms with E-state index in [9.17, 15) is 0 Å². The smallest absolute Gasteiger partial charge is 0.203 e. The summed E-state index contributed by atoms with van der Waals surface area (Å²) in [5.74, 6) is 3.24. The number of hydrogen-bond donors (Lipinski definition) is 1. The van der Waals surface area contributed by atoms with E-state index in [1.54, 1.807) is 33.5 Å². The Bertz CT molecular complexity index is 329. The second-order valence-corrected chi connectivity index (χ2v) is 3.73. The summed E-state index contributed by atoms with van der Waals surface area (Å²) < 4.78 is 21.2. The molecule has 1 aromatic carbocycles. The van der Waals surface area contributed by atoms with Crippen molar-refractivity contribution in [3.05, 3.63) is 12.1 Å². The van der Waals surface area contributed by atoms with Crippen molar-refractivity contribution in [1.29, 1.82) is 0 Å². The lowest BCUT2D eigenvalue weighted by molar-refractivity contribution is 0.299. The molecule has 0 bridgehead atoms. The molecule has 0 amide bonds. The highest BCUT2D eigenvalue weighted by Crippen LogP contribution is 2.40. The lowest BCUT2D eigenvalue weighted by atomic mass is 10.2. The molecule has 0 aromatic heterocycles. The molecule has 1 rings (SSSR count). The third-order valence-electron chi connectivity index (χ3n) is 2.21.